The third kappa shape index (κ3) is 4.75. The van der Waals surface area contributed by atoms with Gasteiger partial charge in [0.05, 0.1) is 0 Å². The van der Waals surface area contributed by atoms with Crippen LogP contribution < -0.4 is 5.90 Å². The number of likely N-dealkylation sites (N-methyl/N-ethyl adjacent to an activating group) is 1. The van der Waals surface area contributed by atoms with Gasteiger partial charge in [0.2, 0.25) is 5.91 Å². The smallest absolute Gasteiger partial charge is 0.250 e. The second-order valence-electron chi connectivity index (χ2n) is 2.48. The maximum Gasteiger partial charge on any atom is 0.250 e. The van der Waals surface area contributed by atoms with Gasteiger partial charge in [-0.05, 0) is 6.42 Å². The highest BCUT2D eigenvalue weighted by Gasteiger charge is 2.06. The van der Waals surface area contributed by atoms with E-state index in [0.717, 1.165) is 19.4 Å². The van der Waals surface area contributed by atoms with Crippen molar-refractivity contribution in [3.63, 3.8) is 0 Å². The summed E-state index contributed by atoms with van der Waals surface area (Å²) < 4.78 is 0. The van der Waals surface area contributed by atoms with E-state index in [1.54, 1.807) is 11.9 Å². The van der Waals surface area contributed by atoms with E-state index in [0.29, 0.717) is 0 Å². The maximum atomic E-state index is 11.0. The molecule has 0 bridgehead atoms. The highest BCUT2D eigenvalue weighted by atomic mass is 16.6. The van der Waals surface area contributed by atoms with Crippen LogP contribution in [0.25, 0.3) is 0 Å². The Morgan fingerprint density at radius 3 is 2.73 bits per heavy atom. The second-order valence-corrected chi connectivity index (χ2v) is 2.48. The average Bonchev–Trinajstić information content (AvgIpc) is 2.00. The van der Waals surface area contributed by atoms with E-state index in [9.17, 15) is 4.79 Å². The number of nitrogens with two attached hydrogens (primary N) is 1. The van der Waals surface area contributed by atoms with Crippen LogP contribution in [0, 0.1) is 0 Å². The first-order chi connectivity index (χ1) is 5.22. The molecule has 0 atom stereocenters. The molecule has 0 spiro atoms. The molecular formula is C7H16N2O2. The summed E-state index contributed by atoms with van der Waals surface area (Å²) in [6.07, 6.45) is 2.11. The lowest BCUT2D eigenvalue weighted by molar-refractivity contribution is -0.135. The summed E-state index contributed by atoms with van der Waals surface area (Å²) in [5, 5.41) is 0. The van der Waals surface area contributed by atoms with E-state index < -0.39 is 0 Å². The van der Waals surface area contributed by atoms with Gasteiger partial charge in [0.1, 0.15) is 6.61 Å². The van der Waals surface area contributed by atoms with Gasteiger partial charge < -0.3 is 4.90 Å². The zero-order chi connectivity index (χ0) is 8.69. The van der Waals surface area contributed by atoms with E-state index in [1.807, 2.05) is 0 Å². The largest absolute Gasteiger partial charge is 0.344 e. The van der Waals surface area contributed by atoms with Gasteiger partial charge in [-0.3, -0.25) is 9.63 Å². The number of carbonyl (C=O) groups excluding carboxylic acids is 1. The lowest BCUT2D eigenvalue weighted by Crippen LogP contribution is -2.31. The van der Waals surface area contributed by atoms with Crippen LogP contribution in [0.2, 0.25) is 0 Å². The molecule has 0 aromatic carbocycles. The molecule has 11 heavy (non-hydrogen) atoms. The van der Waals surface area contributed by atoms with Crippen molar-refractivity contribution in [2.45, 2.75) is 19.8 Å². The summed E-state index contributed by atoms with van der Waals surface area (Å²) in [5.74, 6) is 4.68. The molecular weight excluding hydrogens is 144 g/mol. The molecule has 0 aliphatic heterocycles. The zero-order valence-electron chi connectivity index (χ0n) is 7.17. The van der Waals surface area contributed by atoms with Gasteiger partial charge in [0.15, 0.2) is 0 Å². The zero-order valence-corrected chi connectivity index (χ0v) is 7.17. The van der Waals surface area contributed by atoms with Crippen LogP contribution in [-0.2, 0) is 9.63 Å². The van der Waals surface area contributed by atoms with Gasteiger partial charge in [0.25, 0.3) is 0 Å². The Kier molecular flexibility index (Phi) is 5.78. The van der Waals surface area contributed by atoms with Crippen molar-refractivity contribution in [1.82, 2.24) is 4.90 Å². The standard InChI is InChI=1S/C7H16N2O2/c1-3-4-5-9(2)7(10)6-11-8/h3-6,8H2,1-2H3. The van der Waals surface area contributed by atoms with Gasteiger partial charge in [-0.1, -0.05) is 13.3 Å². The molecule has 4 heteroatoms. The summed E-state index contributed by atoms with van der Waals surface area (Å²) in [5.41, 5.74) is 0. The summed E-state index contributed by atoms with van der Waals surface area (Å²) >= 11 is 0. The maximum absolute atomic E-state index is 11.0. The predicted octanol–water partition coefficient (Wildman–Crippen LogP) is 0.135. The average molecular weight is 160 g/mol. The van der Waals surface area contributed by atoms with Gasteiger partial charge in [-0.2, -0.15) is 0 Å². The third-order valence-corrected chi connectivity index (χ3v) is 1.48. The highest BCUT2D eigenvalue weighted by molar-refractivity contribution is 5.77. The molecule has 0 saturated heterocycles. The summed E-state index contributed by atoms with van der Waals surface area (Å²) in [6.45, 7) is 2.83. The predicted molar refractivity (Wildman–Crippen MR) is 42.7 cm³/mol. The monoisotopic (exact) mass is 160 g/mol. The first kappa shape index (κ1) is 10.4. The molecule has 2 N–H and O–H groups in total. The fourth-order valence-corrected chi connectivity index (χ4v) is 0.701. The minimum atomic E-state index is -0.0686. The van der Waals surface area contributed by atoms with Crippen molar-refractivity contribution >= 4 is 5.91 Å². The molecule has 0 rings (SSSR count). The number of unbranched alkanes of at least 4 members (excludes halogenated alkanes) is 1. The second kappa shape index (κ2) is 6.12. The Morgan fingerprint density at radius 1 is 1.64 bits per heavy atom. The Hall–Kier alpha value is -0.610. The lowest BCUT2D eigenvalue weighted by Gasteiger charge is -2.15. The van der Waals surface area contributed by atoms with E-state index in [1.165, 1.54) is 0 Å². The molecule has 0 unspecified atom stereocenters. The lowest BCUT2D eigenvalue weighted by atomic mass is 10.3. The van der Waals surface area contributed by atoms with Crippen molar-refractivity contribution in [1.29, 1.82) is 0 Å². The molecule has 0 saturated carbocycles. The number of nitrogens with zero attached hydrogens (tertiary/aromatic N) is 1. The van der Waals surface area contributed by atoms with Crippen molar-refractivity contribution < 1.29 is 9.63 Å². The van der Waals surface area contributed by atoms with Crippen LogP contribution in [0.1, 0.15) is 19.8 Å². The van der Waals surface area contributed by atoms with Crippen molar-refractivity contribution in [3.8, 4) is 0 Å². The molecule has 0 heterocycles. The molecule has 0 radical (unpaired) electrons. The minimum absolute atomic E-state index is 0.0276. The van der Waals surface area contributed by atoms with Gasteiger partial charge >= 0.3 is 0 Å². The number of hydrogen-bond donors (Lipinski definition) is 1. The van der Waals surface area contributed by atoms with Crippen LogP contribution in [0.15, 0.2) is 0 Å². The Labute approximate surface area is 67.3 Å². The fraction of sp³-hybridized carbons (Fsp3) is 0.857. The number of rotatable bonds is 5. The number of carbonyl (C=O) groups is 1. The number of amides is 1. The van der Waals surface area contributed by atoms with Crippen LogP contribution in [0.3, 0.4) is 0 Å². The first-order valence-corrected chi connectivity index (χ1v) is 3.78. The van der Waals surface area contributed by atoms with Crippen LogP contribution >= 0.6 is 0 Å². The van der Waals surface area contributed by atoms with Gasteiger partial charge in [-0.15, -0.1) is 0 Å². The van der Waals surface area contributed by atoms with E-state index in [4.69, 9.17) is 5.90 Å². The Morgan fingerprint density at radius 2 is 2.27 bits per heavy atom. The van der Waals surface area contributed by atoms with Crippen molar-refractivity contribution in [2.24, 2.45) is 5.90 Å². The molecule has 66 valence electrons. The van der Waals surface area contributed by atoms with Crippen LogP contribution in [0.5, 0.6) is 0 Å². The molecule has 0 aromatic rings. The van der Waals surface area contributed by atoms with Crippen LogP contribution in [-0.4, -0.2) is 31.0 Å². The fourth-order valence-electron chi connectivity index (χ4n) is 0.701. The van der Waals surface area contributed by atoms with E-state index in [2.05, 4.69) is 11.8 Å². The van der Waals surface area contributed by atoms with Crippen molar-refractivity contribution in [3.05, 3.63) is 0 Å². The summed E-state index contributed by atoms with van der Waals surface area (Å²) in [4.78, 5) is 16.8. The SMILES string of the molecule is CCCCN(C)C(=O)CON. The molecule has 0 fully saturated rings. The highest BCUT2D eigenvalue weighted by Crippen LogP contribution is 1.91. The quantitative estimate of drug-likeness (QED) is 0.582. The van der Waals surface area contributed by atoms with E-state index >= 15 is 0 Å². The molecule has 0 aliphatic carbocycles. The number of hydrogen-bond acceptors (Lipinski definition) is 3. The van der Waals surface area contributed by atoms with E-state index in [-0.39, 0.29) is 12.5 Å². The normalized spacial score (nSPS) is 9.73. The topological polar surface area (TPSA) is 55.6 Å². The third-order valence-electron chi connectivity index (χ3n) is 1.48. The van der Waals surface area contributed by atoms with Gasteiger partial charge in [0, 0.05) is 13.6 Å². The molecule has 1 amide bonds. The van der Waals surface area contributed by atoms with Crippen molar-refractivity contribution in [2.75, 3.05) is 20.2 Å². The molecule has 0 aliphatic rings. The Bertz CT molecular complexity index is 117. The molecule has 4 nitrogen and oxygen atoms in total. The summed E-state index contributed by atoms with van der Waals surface area (Å²) in [6, 6.07) is 0. The molecule has 0 aromatic heterocycles. The first-order valence-electron chi connectivity index (χ1n) is 3.78. The minimum Gasteiger partial charge on any atom is -0.344 e. The summed E-state index contributed by atoms with van der Waals surface area (Å²) in [7, 11) is 1.75. The Balaban J connectivity index is 3.46. The van der Waals surface area contributed by atoms with Crippen LogP contribution in [0.4, 0.5) is 0 Å². The van der Waals surface area contributed by atoms with Gasteiger partial charge in [-0.25, -0.2) is 5.90 Å².